The van der Waals surface area contributed by atoms with Crippen LogP contribution >= 0.6 is 0 Å². The van der Waals surface area contributed by atoms with E-state index in [0.29, 0.717) is 31.1 Å². The van der Waals surface area contributed by atoms with Gasteiger partial charge in [-0.15, -0.1) is 0 Å². The number of esters is 1. The highest BCUT2D eigenvalue weighted by atomic mass is 16.5. The van der Waals surface area contributed by atoms with Gasteiger partial charge in [0.2, 0.25) is 11.8 Å². The van der Waals surface area contributed by atoms with Crippen LogP contribution in [0, 0.1) is 11.8 Å². The molecule has 0 aliphatic carbocycles. The molecule has 4 rings (SSSR count). The molecule has 0 aromatic heterocycles. The van der Waals surface area contributed by atoms with Crippen molar-refractivity contribution in [2.75, 3.05) is 31.7 Å². The highest BCUT2D eigenvalue weighted by Gasteiger charge is 2.66. The first-order valence-corrected chi connectivity index (χ1v) is 9.21. The lowest BCUT2D eigenvalue weighted by atomic mass is 9.87. The van der Waals surface area contributed by atoms with E-state index in [1.165, 1.54) is 7.11 Å². The van der Waals surface area contributed by atoms with E-state index in [1.54, 1.807) is 29.2 Å². The molecule has 0 radical (unpaired) electrons. The average Bonchev–Trinajstić information content (AvgIpc) is 3.17. The van der Waals surface area contributed by atoms with Gasteiger partial charge in [-0.1, -0.05) is 0 Å². The number of hydrogen-bond donors (Lipinski definition) is 1. The Morgan fingerprint density at radius 1 is 1.14 bits per heavy atom. The number of nitrogens with zero attached hydrogens (tertiary/aromatic N) is 2. The van der Waals surface area contributed by atoms with Crippen molar-refractivity contribution in [3.05, 3.63) is 24.3 Å². The number of rotatable bonds is 4. The lowest BCUT2D eigenvalue weighted by molar-refractivity contribution is -0.152. The molecule has 148 valence electrons. The van der Waals surface area contributed by atoms with Gasteiger partial charge < -0.3 is 14.8 Å². The number of carbonyl (C=O) groups is 4. The van der Waals surface area contributed by atoms with Crippen molar-refractivity contribution in [3.8, 4) is 5.75 Å². The predicted molar refractivity (Wildman–Crippen MR) is 96.4 cm³/mol. The van der Waals surface area contributed by atoms with Crippen LogP contribution in [0.3, 0.4) is 0 Å². The van der Waals surface area contributed by atoms with E-state index in [-0.39, 0.29) is 5.91 Å². The summed E-state index contributed by atoms with van der Waals surface area (Å²) in [5.74, 6) is -3.26. The number of piperazine rings is 1. The maximum atomic E-state index is 13.2. The molecule has 3 heterocycles. The van der Waals surface area contributed by atoms with Crippen molar-refractivity contribution in [1.29, 1.82) is 0 Å². The molecule has 28 heavy (non-hydrogen) atoms. The minimum absolute atomic E-state index is 0.357. The van der Waals surface area contributed by atoms with Gasteiger partial charge in [-0.05, 0) is 31.2 Å². The van der Waals surface area contributed by atoms with E-state index in [4.69, 9.17) is 9.47 Å². The van der Waals surface area contributed by atoms with Crippen LogP contribution in [0.4, 0.5) is 5.69 Å². The molecule has 3 amide bonds. The molecule has 4 atom stereocenters. The largest absolute Gasteiger partial charge is 0.494 e. The van der Waals surface area contributed by atoms with Crippen molar-refractivity contribution in [3.63, 3.8) is 0 Å². The standard InChI is InChI=1S/C19H21N3O6/c1-3-28-11-6-4-10(5-7-11)22-17(24)12-13(19(26)27-2)14-16(23)20-8-9-21(14)15(12)18(22)25/h4-7,12-15H,3,8-9H2,1-2H3,(H,20,23)/t12-,13-,14+,15+/m1/s1. The van der Waals surface area contributed by atoms with Gasteiger partial charge in [0.05, 0.1) is 31.2 Å². The van der Waals surface area contributed by atoms with Crippen LogP contribution in [-0.2, 0) is 23.9 Å². The first-order chi connectivity index (χ1) is 13.5. The Kier molecular flexibility index (Phi) is 4.54. The number of imide groups is 1. The van der Waals surface area contributed by atoms with E-state index in [2.05, 4.69) is 5.32 Å². The summed E-state index contributed by atoms with van der Waals surface area (Å²) in [6.45, 7) is 3.11. The van der Waals surface area contributed by atoms with Crippen LogP contribution in [0.25, 0.3) is 0 Å². The van der Waals surface area contributed by atoms with Crippen molar-refractivity contribution in [2.24, 2.45) is 11.8 Å². The summed E-state index contributed by atoms with van der Waals surface area (Å²) in [6.07, 6.45) is 0. The minimum atomic E-state index is -1.01. The van der Waals surface area contributed by atoms with Crippen LogP contribution in [0.1, 0.15) is 6.92 Å². The second kappa shape index (κ2) is 6.90. The molecule has 3 aliphatic heterocycles. The number of methoxy groups -OCH3 is 1. The number of ether oxygens (including phenoxy) is 2. The molecular formula is C19H21N3O6. The van der Waals surface area contributed by atoms with Gasteiger partial charge in [0.25, 0.3) is 5.91 Å². The Morgan fingerprint density at radius 3 is 2.50 bits per heavy atom. The summed E-state index contributed by atoms with van der Waals surface area (Å²) < 4.78 is 10.3. The molecule has 1 aromatic rings. The van der Waals surface area contributed by atoms with Gasteiger partial charge in [-0.3, -0.25) is 24.1 Å². The highest BCUT2D eigenvalue weighted by molar-refractivity contribution is 6.25. The molecule has 3 fully saturated rings. The summed E-state index contributed by atoms with van der Waals surface area (Å²) in [7, 11) is 1.21. The molecular weight excluding hydrogens is 366 g/mol. The average molecular weight is 387 g/mol. The molecule has 9 nitrogen and oxygen atoms in total. The van der Waals surface area contributed by atoms with Crippen LogP contribution in [0.15, 0.2) is 24.3 Å². The topological polar surface area (TPSA) is 105 Å². The molecule has 3 saturated heterocycles. The zero-order valence-electron chi connectivity index (χ0n) is 15.6. The Labute approximate surface area is 161 Å². The van der Waals surface area contributed by atoms with Gasteiger partial charge in [0.15, 0.2) is 0 Å². The molecule has 0 spiro atoms. The number of carbonyl (C=O) groups excluding carboxylic acids is 4. The van der Waals surface area contributed by atoms with Gasteiger partial charge in [-0.25, -0.2) is 4.90 Å². The Hall–Kier alpha value is -2.94. The number of fused-ring (bicyclic) bond motifs is 3. The molecule has 0 saturated carbocycles. The van der Waals surface area contributed by atoms with Crippen molar-refractivity contribution in [2.45, 2.75) is 19.0 Å². The fourth-order valence-electron chi connectivity index (χ4n) is 4.48. The maximum absolute atomic E-state index is 13.2. The zero-order chi connectivity index (χ0) is 20.0. The second-order valence-corrected chi connectivity index (χ2v) is 6.93. The van der Waals surface area contributed by atoms with E-state index >= 15 is 0 Å². The molecule has 3 aliphatic rings. The quantitative estimate of drug-likeness (QED) is 0.551. The third-order valence-corrected chi connectivity index (χ3v) is 5.58. The summed E-state index contributed by atoms with van der Waals surface area (Å²) in [5, 5.41) is 2.70. The third-order valence-electron chi connectivity index (χ3n) is 5.58. The minimum Gasteiger partial charge on any atom is -0.494 e. The number of anilines is 1. The van der Waals surface area contributed by atoms with Gasteiger partial charge in [-0.2, -0.15) is 0 Å². The molecule has 1 aromatic carbocycles. The fourth-order valence-corrected chi connectivity index (χ4v) is 4.48. The summed E-state index contributed by atoms with van der Waals surface area (Å²) in [6, 6.07) is 4.92. The highest BCUT2D eigenvalue weighted by Crippen LogP contribution is 2.44. The molecule has 1 N–H and O–H groups in total. The number of amides is 3. The van der Waals surface area contributed by atoms with Gasteiger partial charge in [0, 0.05) is 13.1 Å². The lowest BCUT2D eigenvalue weighted by Crippen LogP contribution is -2.58. The summed E-state index contributed by atoms with van der Waals surface area (Å²) in [4.78, 5) is 54.0. The first-order valence-electron chi connectivity index (χ1n) is 9.21. The second-order valence-electron chi connectivity index (χ2n) is 6.93. The summed E-state index contributed by atoms with van der Waals surface area (Å²) in [5.41, 5.74) is 0.412. The SMILES string of the molecule is CCOc1ccc(N2C(=O)[C@@H]3[C@@H](C(=O)OC)[C@H]4C(=O)NCCN4[C@@H]3C2=O)cc1. The smallest absolute Gasteiger partial charge is 0.311 e. The predicted octanol–water partition coefficient (Wildman–Crippen LogP) is -0.453. The van der Waals surface area contributed by atoms with E-state index in [0.717, 1.165) is 4.90 Å². The Balaban J connectivity index is 1.71. The van der Waals surface area contributed by atoms with Crippen molar-refractivity contribution in [1.82, 2.24) is 10.2 Å². The molecule has 0 bridgehead atoms. The van der Waals surface area contributed by atoms with Gasteiger partial charge in [0.1, 0.15) is 17.8 Å². The molecule has 0 unspecified atom stereocenters. The Bertz CT molecular complexity index is 839. The van der Waals surface area contributed by atoms with Crippen LogP contribution < -0.4 is 15.0 Å². The normalized spacial score (nSPS) is 29.4. The lowest BCUT2D eigenvalue weighted by Gasteiger charge is -2.34. The maximum Gasteiger partial charge on any atom is 0.311 e. The van der Waals surface area contributed by atoms with Crippen LogP contribution in [0.2, 0.25) is 0 Å². The van der Waals surface area contributed by atoms with E-state index in [1.807, 2.05) is 6.92 Å². The van der Waals surface area contributed by atoms with Crippen LogP contribution in [-0.4, -0.2) is 67.5 Å². The van der Waals surface area contributed by atoms with Crippen LogP contribution in [0.5, 0.6) is 5.75 Å². The third kappa shape index (κ3) is 2.57. The number of benzene rings is 1. The van der Waals surface area contributed by atoms with Gasteiger partial charge >= 0.3 is 5.97 Å². The molecule has 9 heteroatoms. The zero-order valence-corrected chi connectivity index (χ0v) is 15.6. The monoisotopic (exact) mass is 387 g/mol. The summed E-state index contributed by atoms with van der Waals surface area (Å²) >= 11 is 0. The van der Waals surface area contributed by atoms with Crippen molar-refractivity contribution >= 4 is 29.4 Å². The van der Waals surface area contributed by atoms with Crippen molar-refractivity contribution < 1.29 is 28.7 Å². The number of hydrogen-bond acceptors (Lipinski definition) is 7. The first kappa shape index (κ1) is 18.4. The Morgan fingerprint density at radius 2 is 1.86 bits per heavy atom. The van der Waals surface area contributed by atoms with E-state index < -0.39 is 41.7 Å². The van der Waals surface area contributed by atoms with E-state index in [9.17, 15) is 19.2 Å². The fraction of sp³-hybridized carbons (Fsp3) is 0.474. The number of nitrogens with one attached hydrogen (secondary N) is 1.